The number of likely N-dealkylation sites (N-methyl/N-ethyl adjacent to an activating group) is 1. The molecule has 4 fully saturated rings. The van der Waals surface area contributed by atoms with E-state index in [1.54, 1.807) is 0 Å². The molecule has 2 aliphatic heterocycles. The van der Waals surface area contributed by atoms with Crippen LogP contribution in [0.25, 0.3) is 0 Å². The number of benzene rings is 2. The summed E-state index contributed by atoms with van der Waals surface area (Å²) in [5.74, 6) is 1.37. The van der Waals surface area contributed by atoms with Crippen molar-refractivity contribution in [2.75, 3.05) is 18.9 Å². The van der Waals surface area contributed by atoms with Crippen LogP contribution in [-0.2, 0) is 15.1 Å². The van der Waals surface area contributed by atoms with Crippen molar-refractivity contribution in [3.05, 3.63) is 76.9 Å². The average molecular weight is 565 g/mol. The van der Waals surface area contributed by atoms with E-state index >= 15 is 4.79 Å². The van der Waals surface area contributed by atoms with Crippen LogP contribution in [0.2, 0.25) is 0 Å². The van der Waals surface area contributed by atoms with Crippen LogP contribution in [0.4, 0.5) is 5.69 Å². The molecule has 2 spiro atoms. The Kier molecular flexibility index (Phi) is 5.54. The Balaban J connectivity index is 1.32. The minimum absolute atomic E-state index is 0.0352. The van der Waals surface area contributed by atoms with Gasteiger partial charge in [-0.1, -0.05) is 73.5 Å². The number of hydrogen-bond donors (Lipinski definition) is 2. The Labute approximate surface area is 249 Å². The van der Waals surface area contributed by atoms with Crippen molar-refractivity contribution in [2.24, 2.45) is 34.0 Å². The van der Waals surface area contributed by atoms with Crippen molar-refractivity contribution < 1.29 is 14.7 Å². The molecular formula is C37H44N2O3. The lowest BCUT2D eigenvalue weighted by atomic mass is 9.48. The second-order valence-electron chi connectivity index (χ2n) is 15.2. The van der Waals surface area contributed by atoms with E-state index in [9.17, 15) is 9.90 Å². The summed E-state index contributed by atoms with van der Waals surface area (Å²) < 4.78 is 0. The molecule has 5 heteroatoms. The molecule has 2 aromatic rings. The Hall–Kier alpha value is -2.76. The number of carbonyl (C=O) groups is 2. The summed E-state index contributed by atoms with van der Waals surface area (Å²) in [4.78, 5) is 32.4. The number of fused-ring (bicyclic) bond motifs is 8. The fraction of sp³-hybridized carbons (Fsp3) is 0.568. The smallest absolute Gasteiger partial charge is 0.250 e. The Morgan fingerprint density at radius 2 is 1.69 bits per heavy atom. The van der Waals surface area contributed by atoms with Crippen LogP contribution >= 0.6 is 0 Å². The Morgan fingerprint density at radius 3 is 2.48 bits per heavy atom. The molecule has 9 atom stereocenters. The van der Waals surface area contributed by atoms with Crippen LogP contribution in [0.5, 0.6) is 0 Å². The molecule has 2 aromatic carbocycles. The lowest BCUT2D eigenvalue weighted by Gasteiger charge is -2.56. The molecule has 1 saturated heterocycles. The van der Waals surface area contributed by atoms with E-state index in [1.165, 1.54) is 16.7 Å². The number of nitrogens with one attached hydrogen (secondary N) is 1. The quantitative estimate of drug-likeness (QED) is 0.396. The van der Waals surface area contributed by atoms with Crippen LogP contribution in [0, 0.1) is 40.9 Å². The lowest BCUT2D eigenvalue weighted by molar-refractivity contribution is -0.148. The van der Waals surface area contributed by atoms with Gasteiger partial charge in [-0.15, -0.1) is 0 Å². The SMILES string of the molecule is Cc1ccc([C@@H]2CN(C)[C@]3(C(=O)Nc4ccccc43)[C@]23C[C@H]2[C@@H]4CC=C5C[C@@H](O)CC[C@]5(C)[C@H]4CC[C@]2(C)C3=O)cc1. The minimum Gasteiger partial charge on any atom is -0.393 e. The summed E-state index contributed by atoms with van der Waals surface area (Å²) >= 11 is 0. The van der Waals surface area contributed by atoms with Gasteiger partial charge in [-0.2, -0.15) is 0 Å². The van der Waals surface area contributed by atoms with Gasteiger partial charge < -0.3 is 10.4 Å². The molecule has 0 aromatic heterocycles. The molecule has 8 rings (SSSR count). The van der Waals surface area contributed by atoms with E-state index in [0.29, 0.717) is 24.2 Å². The third kappa shape index (κ3) is 3.02. The van der Waals surface area contributed by atoms with E-state index in [4.69, 9.17) is 0 Å². The van der Waals surface area contributed by atoms with Crippen molar-refractivity contribution in [1.29, 1.82) is 0 Å². The number of rotatable bonds is 1. The standard InChI is InChI=1S/C37H44N2O3/c1-22-9-11-23(12-10-22)30-21-39(4)37(28-7-5-6-8-31(28)38-33(37)42)36(30)20-29-26-14-13-24-19-25(40)15-17-34(24,2)27(26)16-18-35(29,3)32(36)41/h5-13,25-27,29-30,40H,14-21H2,1-4H3,(H,38,42)/t25-,26+,27-,29-,30-,34-,35-,36+,37+/m0/s1. The summed E-state index contributed by atoms with van der Waals surface area (Å²) in [6.45, 7) is 7.48. The fourth-order valence-corrected chi connectivity index (χ4v) is 11.6. The normalized spacial score (nSPS) is 44.0. The van der Waals surface area contributed by atoms with Crippen LogP contribution < -0.4 is 5.32 Å². The van der Waals surface area contributed by atoms with Crippen molar-refractivity contribution in [3.8, 4) is 0 Å². The molecule has 0 radical (unpaired) electrons. The maximum atomic E-state index is 15.6. The van der Waals surface area contributed by atoms with Crippen molar-refractivity contribution in [3.63, 3.8) is 0 Å². The molecule has 1 amide bonds. The second-order valence-corrected chi connectivity index (χ2v) is 15.2. The van der Waals surface area contributed by atoms with Gasteiger partial charge >= 0.3 is 0 Å². The summed E-state index contributed by atoms with van der Waals surface area (Å²) in [7, 11) is 2.07. The number of nitrogens with zero attached hydrogens (tertiary/aromatic N) is 1. The third-order valence-corrected chi connectivity index (χ3v) is 13.6. The van der Waals surface area contributed by atoms with Gasteiger partial charge in [0.05, 0.1) is 11.5 Å². The predicted octanol–water partition coefficient (Wildman–Crippen LogP) is 6.36. The molecule has 42 heavy (non-hydrogen) atoms. The summed E-state index contributed by atoms with van der Waals surface area (Å²) in [6, 6.07) is 16.8. The molecule has 2 heterocycles. The molecule has 3 saturated carbocycles. The minimum atomic E-state index is -1.03. The van der Waals surface area contributed by atoms with E-state index in [0.717, 1.165) is 56.2 Å². The Bertz CT molecular complexity index is 1530. The number of Topliss-reactive ketones (excluding diaryl/α,β-unsaturated/α-hetero) is 1. The predicted molar refractivity (Wildman–Crippen MR) is 164 cm³/mol. The molecule has 5 nitrogen and oxygen atoms in total. The molecule has 0 unspecified atom stereocenters. The monoisotopic (exact) mass is 564 g/mol. The zero-order valence-electron chi connectivity index (χ0n) is 25.5. The third-order valence-electron chi connectivity index (χ3n) is 13.6. The number of carbonyl (C=O) groups excluding carboxylic acids is 2. The lowest BCUT2D eigenvalue weighted by Crippen LogP contribution is -2.58. The summed E-state index contributed by atoms with van der Waals surface area (Å²) in [6.07, 6.45) is 8.56. The number of hydrogen-bond acceptors (Lipinski definition) is 4. The first kappa shape index (κ1) is 26.8. The molecule has 4 aliphatic carbocycles. The second kappa shape index (κ2) is 8.66. The number of aliphatic hydroxyl groups is 1. The van der Waals surface area contributed by atoms with Crippen molar-refractivity contribution >= 4 is 17.4 Å². The number of para-hydroxylation sites is 1. The number of likely N-dealkylation sites (tertiary alicyclic amines) is 1. The number of ketones is 1. The van der Waals surface area contributed by atoms with Gasteiger partial charge in [0.15, 0.2) is 0 Å². The zero-order chi connectivity index (χ0) is 29.2. The fourth-order valence-electron chi connectivity index (χ4n) is 11.6. The Morgan fingerprint density at radius 1 is 0.952 bits per heavy atom. The number of aliphatic hydroxyl groups excluding tert-OH is 1. The molecular weight excluding hydrogens is 520 g/mol. The maximum absolute atomic E-state index is 15.6. The van der Waals surface area contributed by atoms with Crippen molar-refractivity contribution in [1.82, 2.24) is 4.90 Å². The molecule has 0 bridgehead atoms. The molecule has 220 valence electrons. The van der Waals surface area contributed by atoms with Gasteiger partial charge in [0.1, 0.15) is 11.3 Å². The van der Waals surface area contributed by atoms with Crippen LogP contribution in [-0.4, -0.2) is 41.4 Å². The first-order chi connectivity index (χ1) is 20.1. The highest BCUT2D eigenvalue weighted by Gasteiger charge is 2.80. The molecule has 2 N–H and O–H groups in total. The van der Waals surface area contributed by atoms with Crippen LogP contribution in [0.3, 0.4) is 0 Å². The topological polar surface area (TPSA) is 69.6 Å². The summed E-state index contributed by atoms with van der Waals surface area (Å²) in [5, 5.41) is 13.7. The van der Waals surface area contributed by atoms with Gasteiger partial charge in [-0.3, -0.25) is 14.5 Å². The highest BCUT2D eigenvalue weighted by molar-refractivity contribution is 6.12. The largest absolute Gasteiger partial charge is 0.393 e. The number of allylic oxidation sites excluding steroid dienone is 1. The maximum Gasteiger partial charge on any atom is 0.250 e. The van der Waals surface area contributed by atoms with Gasteiger partial charge in [0.2, 0.25) is 0 Å². The number of amides is 1. The number of anilines is 1. The van der Waals surface area contributed by atoms with Crippen molar-refractivity contribution in [2.45, 2.75) is 83.3 Å². The van der Waals surface area contributed by atoms with Gasteiger partial charge in [0.25, 0.3) is 5.91 Å². The first-order valence-electron chi connectivity index (χ1n) is 16.2. The first-order valence-corrected chi connectivity index (χ1v) is 16.2. The van der Waals surface area contributed by atoms with Crippen LogP contribution in [0.1, 0.15) is 81.4 Å². The average Bonchev–Trinajstić information content (AvgIpc) is 3.52. The van der Waals surface area contributed by atoms with Gasteiger partial charge in [-0.05, 0) is 93.7 Å². The van der Waals surface area contributed by atoms with E-state index < -0.39 is 16.4 Å². The highest BCUT2D eigenvalue weighted by atomic mass is 16.3. The van der Waals surface area contributed by atoms with E-state index in [1.807, 2.05) is 18.2 Å². The van der Waals surface area contributed by atoms with E-state index in [-0.39, 0.29) is 29.3 Å². The van der Waals surface area contributed by atoms with Gasteiger partial charge in [-0.25, -0.2) is 0 Å². The van der Waals surface area contributed by atoms with Crippen LogP contribution in [0.15, 0.2) is 60.2 Å². The number of aryl methyl sites for hydroxylation is 1. The zero-order valence-corrected chi connectivity index (χ0v) is 25.5. The van der Waals surface area contributed by atoms with E-state index in [2.05, 4.69) is 74.4 Å². The van der Waals surface area contributed by atoms with Gasteiger partial charge in [0, 0.05) is 29.1 Å². The highest BCUT2D eigenvalue weighted by Crippen LogP contribution is 2.75. The molecule has 6 aliphatic rings. The summed E-state index contributed by atoms with van der Waals surface area (Å²) in [5.41, 5.74) is 3.40.